The first-order chi connectivity index (χ1) is 8.49. The monoisotopic (exact) mass is 267 g/mol. The molecule has 1 aromatic heterocycles. The Balaban J connectivity index is 1.95. The zero-order valence-electron chi connectivity index (χ0n) is 11.8. The molecule has 1 fully saturated rings. The van der Waals surface area contributed by atoms with Crippen LogP contribution in [0.5, 0.6) is 0 Å². The molecule has 0 aliphatic carbocycles. The van der Waals surface area contributed by atoms with E-state index in [1.807, 2.05) is 11.3 Å². The Labute approximate surface area is 115 Å². The molecular weight excluding hydrogens is 242 g/mol. The maximum Gasteiger partial charge on any atom is 0.0471 e. The van der Waals surface area contributed by atoms with Crippen molar-refractivity contribution in [2.45, 2.75) is 45.6 Å². The number of aliphatic hydroxyl groups is 1. The molecule has 2 rings (SSSR count). The van der Waals surface area contributed by atoms with Gasteiger partial charge in [0, 0.05) is 29.5 Å². The highest BCUT2D eigenvalue weighted by Crippen LogP contribution is 2.30. The van der Waals surface area contributed by atoms with E-state index in [9.17, 15) is 5.11 Å². The molecule has 3 heteroatoms. The third-order valence-corrected chi connectivity index (χ3v) is 5.14. The number of hydrogen-bond donors (Lipinski definition) is 1. The summed E-state index contributed by atoms with van der Waals surface area (Å²) in [6, 6.07) is 4.54. The Morgan fingerprint density at radius 1 is 1.39 bits per heavy atom. The van der Waals surface area contributed by atoms with E-state index in [-0.39, 0.29) is 5.41 Å². The highest BCUT2D eigenvalue weighted by molar-refractivity contribution is 7.12. The van der Waals surface area contributed by atoms with Crippen molar-refractivity contribution in [1.82, 2.24) is 4.90 Å². The summed E-state index contributed by atoms with van der Waals surface area (Å²) >= 11 is 1.94. The molecule has 1 N–H and O–H groups in total. The fourth-order valence-corrected chi connectivity index (χ4v) is 3.64. The summed E-state index contributed by atoms with van der Waals surface area (Å²) < 4.78 is 0. The lowest BCUT2D eigenvalue weighted by atomic mass is 9.95. The van der Waals surface area contributed by atoms with Gasteiger partial charge in [-0.25, -0.2) is 0 Å². The summed E-state index contributed by atoms with van der Waals surface area (Å²) in [7, 11) is 0. The van der Waals surface area contributed by atoms with Crippen LogP contribution in [0.1, 0.15) is 43.4 Å². The van der Waals surface area contributed by atoms with Gasteiger partial charge in [-0.2, -0.15) is 0 Å². The van der Waals surface area contributed by atoms with Gasteiger partial charge in [0.15, 0.2) is 0 Å². The molecule has 1 aromatic rings. The van der Waals surface area contributed by atoms with Crippen molar-refractivity contribution in [2.75, 3.05) is 19.7 Å². The van der Waals surface area contributed by atoms with Gasteiger partial charge in [-0.1, -0.05) is 20.8 Å². The second-order valence-electron chi connectivity index (χ2n) is 6.44. The van der Waals surface area contributed by atoms with Crippen LogP contribution in [0.3, 0.4) is 0 Å². The maximum absolute atomic E-state index is 9.26. The molecule has 1 saturated heterocycles. The van der Waals surface area contributed by atoms with E-state index < -0.39 is 0 Å². The summed E-state index contributed by atoms with van der Waals surface area (Å²) in [6.45, 7) is 10.4. The van der Waals surface area contributed by atoms with Crippen molar-refractivity contribution < 1.29 is 5.11 Å². The van der Waals surface area contributed by atoms with E-state index in [1.54, 1.807) is 0 Å². The van der Waals surface area contributed by atoms with Crippen LogP contribution in [-0.2, 0) is 12.0 Å². The second kappa shape index (κ2) is 5.72. The van der Waals surface area contributed by atoms with E-state index in [0.717, 1.165) is 13.1 Å². The molecule has 1 unspecified atom stereocenters. The van der Waals surface area contributed by atoms with Gasteiger partial charge in [0.05, 0.1) is 0 Å². The predicted molar refractivity (Wildman–Crippen MR) is 78.1 cm³/mol. The van der Waals surface area contributed by atoms with Gasteiger partial charge in [-0.15, -0.1) is 11.3 Å². The highest BCUT2D eigenvalue weighted by atomic mass is 32.1. The third kappa shape index (κ3) is 3.56. The standard InChI is InChI=1S/C15H25NOS/c1-15(2,3)14-7-6-13(18-14)10-16-8-4-5-12(9-16)11-17/h6-7,12,17H,4-5,8-11H2,1-3H3. The predicted octanol–water partition coefficient (Wildman–Crippen LogP) is 3.25. The minimum Gasteiger partial charge on any atom is -0.396 e. The van der Waals surface area contributed by atoms with Gasteiger partial charge in [0.2, 0.25) is 0 Å². The molecular formula is C15H25NOS. The van der Waals surface area contributed by atoms with Crippen LogP contribution in [0.2, 0.25) is 0 Å². The van der Waals surface area contributed by atoms with Crippen LogP contribution >= 0.6 is 11.3 Å². The molecule has 0 saturated carbocycles. The molecule has 2 nitrogen and oxygen atoms in total. The number of aliphatic hydroxyl groups excluding tert-OH is 1. The summed E-state index contributed by atoms with van der Waals surface area (Å²) in [6.07, 6.45) is 2.41. The molecule has 0 radical (unpaired) electrons. The average molecular weight is 267 g/mol. The lowest BCUT2D eigenvalue weighted by molar-refractivity contribution is 0.116. The second-order valence-corrected chi connectivity index (χ2v) is 7.61. The zero-order chi connectivity index (χ0) is 13.2. The minimum absolute atomic E-state index is 0.262. The molecule has 0 bridgehead atoms. The molecule has 0 amide bonds. The van der Waals surface area contributed by atoms with Crippen molar-refractivity contribution in [3.05, 3.63) is 21.9 Å². The molecule has 1 aliphatic heterocycles. The van der Waals surface area contributed by atoms with Crippen molar-refractivity contribution in [1.29, 1.82) is 0 Å². The van der Waals surface area contributed by atoms with E-state index in [4.69, 9.17) is 0 Å². The largest absolute Gasteiger partial charge is 0.396 e. The molecule has 1 atom stereocenters. The Morgan fingerprint density at radius 3 is 2.78 bits per heavy atom. The first-order valence-electron chi connectivity index (χ1n) is 6.91. The first-order valence-corrected chi connectivity index (χ1v) is 7.73. The van der Waals surface area contributed by atoms with Crippen LogP contribution < -0.4 is 0 Å². The average Bonchev–Trinajstić information content (AvgIpc) is 2.77. The van der Waals surface area contributed by atoms with Gasteiger partial charge in [-0.3, -0.25) is 4.90 Å². The fourth-order valence-electron chi connectivity index (χ4n) is 2.53. The van der Waals surface area contributed by atoms with E-state index in [2.05, 4.69) is 37.8 Å². The van der Waals surface area contributed by atoms with Crippen LogP contribution in [0.25, 0.3) is 0 Å². The number of piperidine rings is 1. The highest BCUT2D eigenvalue weighted by Gasteiger charge is 2.21. The van der Waals surface area contributed by atoms with Gasteiger partial charge in [0.1, 0.15) is 0 Å². The molecule has 0 spiro atoms. The van der Waals surface area contributed by atoms with Gasteiger partial charge < -0.3 is 5.11 Å². The summed E-state index contributed by atoms with van der Waals surface area (Å²) in [5.74, 6) is 0.487. The number of nitrogens with zero attached hydrogens (tertiary/aromatic N) is 1. The summed E-state index contributed by atoms with van der Waals surface area (Å²) in [4.78, 5) is 5.41. The van der Waals surface area contributed by atoms with E-state index in [0.29, 0.717) is 12.5 Å². The number of hydrogen-bond acceptors (Lipinski definition) is 3. The van der Waals surface area contributed by atoms with Crippen molar-refractivity contribution in [3.63, 3.8) is 0 Å². The summed E-state index contributed by atoms with van der Waals surface area (Å²) in [5.41, 5.74) is 0.262. The normalized spacial score (nSPS) is 22.3. The fraction of sp³-hybridized carbons (Fsp3) is 0.733. The first kappa shape index (κ1) is 14.0. The molecule has 1 aliphatic rings. The van der Waals surface area contributed by atoms with Crippen molar-refractivity contribution in [2.24, 2.45) is 5.92 Å². The molecule has 0 aromatic carbocycles. The van der Waals surface area contributed by atoms with Crippen LogP contribution in [0, 0.1) is 5.92 Å². The SMILES string of the molecule is CC(C)(C)c1ccc(CN2CCCC(CO)C2)s1. The van der Waals surface area contributed by atoms with Crippen LogP contribution in [0.4, 0.5) is 0 Å². The van der Waals surface area contributed by atoms with Crippen molar-refractivity contribution in [3.8, 4) is 0 Å². The molecule has 102 valence electrons. The topological polar surface area (TPSA) is 23.5 Å². The van der Waals surface area contributed by atoms with Gasteiger partial charge in [-0.05, 0) is 42.9 Å². The van der Waals surface area contributed by atoms with Gasteiger partial charge >= 0.3 is 0 Å². The zero-order valence-corrected chi connectivity index (χ0v) is 12.6. The Kier molecular flexibility index (Phi) is 4.46. The number of rotatable bonds is 3. The quantitative estimate of drug-likeness (QED) is 0.908. The minimum atomic E-state index is 0.262. The number of thiophene rings is 1. The number of likely N-dealkylation sites (tertiary alicyclic amines) is 1. The lowest BCUT2D eigenvalue weighted by Crippen LogP contribution is -2.36. The Hall–Kier alpha value is -0.380. The lowest BCUT2D eigenvalue weighted by Gasteiger charge is -2.31. The van der Waals surface area contributed by atoms with Gasteiger partial charge in [0.25, 0.3) is 0 Å². The van der Waals surface area contributed by atoms with E-state index in [1.165, 1.54) is 29.1 Å². The summed E-state index contributed by atoms with van der Waals surface area (Å²) in [5, 5.41) is 9.26. The molecule has 18 heavy (non-hydrogen) atoms. The smallest absolute Gasteiger partial charge is 0.0471 e. The van der Waals surface area contributed by atoms with Crippen LogP contribution in [-0.4, -0.2) is 29.7 Å². The Morgan fingerprint density at radius 2 is 2.17 bits per heavy atom. The maximum atomic E-state index is 9.26. The Bertz CT molecular complexity index is 380. The molecule has 2 heterocycles. The van der Waals surface area contributed by atoms with E-state index >= 15 is 0 Å². The van der Waals surface area contributed by atoms with Crippen molar-refractivity contribution >= 4 is 11.3 Å². The van der Waals surface area contributed by atoms with Crippen LogP contribution in [0.15, 0.2) is 12.1 Å². The third-order valence-electron chi connectivity index (χ3n) is 3.64.